The summed E-state index contributed by atoms with van der Waals surface area (Å²) in [5, 5.41) is 0. The molecule has 1 aromatic carbocycles. The first-order valence-corrected chi connectivity index (χ1v) is 7.81. The molecule has 1 rings (SSSR count). The maximum Gasteiger partial charge on any atom is 0.335 e. The first-order valence-electron chi connectivity index (χ1n) is 7.81. The van der Waals surface area contributed by atoms with Crippen LogP contribution >= 0.6 is 0 Å². The van der Waals surface area contributed by atoms with Crippen LogP contribution in [0.5, 0.6) is 5.75 Å². The third-order valence-corrected chi connectivity index (χ3v) is 3.16. The fraction of sp³-hybridized carbons (Fsp3) is 0.368. The van der Waals surface area contributed by atoms with Crippen LogP contribution in [0.25, 0.3) is 6.08 Å². The Morgan fingerprint density at radius 3 is 2.59 bits per heavy atom. The SMILES string of the molecule is CC=CC(=O)Oc1ccccc1C=CC(=O)CCCCCC. The van der Waals surface area contributed by atoms with E-state index >= 15 is 0 Å². The second-order valence-corrected chi connectivity index (χ2v) is 5.07. The molecule has 0 heterocycles. The molecule has 0 unspecified atom stereocenters. The van der Waals surface area contributed by atoms with Gasteiger partial charge in [0.1, 0.15) is 5.75 Å². The highest BCUT2D eigenvalue weighted by molar-refractivity contribution is 5.94. The van der Waals surface area contributed by atoms with Crippen LogP contribution in [0.15, 0.2) is 42.5 Å². The Labute approximate surface area is 132 Å². The molecule has 118 valence electrons. The summed E-state index contributed by atoms with van der Waals surface area (Å²) in [6.45, 7) is 3.90. The molecule has 0 aliphatic heterocycles. The van der Waals surface area contributed by atoms with Gasteiger partial charge in [-0.2, -0.15) is 0 Å². The molecular weight excluding hydrogens is 276 g/mol. The second kappa shape index (κ2) is 10.6. The number of benzene rings is 1. The average molecular weight is 300 g/mol. The van der Waals surface area contributed by atoms with Gasteiger partial charge in [-0.1, -0.05) is 50.5 Å². The molecule has 1 aromatic rings. The molecule has 0 radical (unpaired) electrons. The van der Waals surface area contributed by atoms with Crippen LogP contribution in [0.2, 0.25) is 0 Å². The van der Waals surface area contributed by atoms with Crippen molar-refractivity contribution in [3.05, 3.63) is 48.1 Å². The van der Waals surface area contributed by atoms with E-state index in [9.17, 15) is 9.59 Å². The summed E-state index contributed by atoms with van der Waals surface area (Å²) in [5.74, 6) is 0.139. The van der Waals surface area contributed by atoms with Crippen LogP contribution in [-0.4, -0.2) is 11.8 Å². The van der Waals surface area contributed by atoms with E-state index in [1.165, 1.54) is 12.5 Å². The van der Waals surface area contributed by atoms with Gasteiger partial charge in [0.05, 0.1) is 0 Å². The summed E-state index contributed by atoms with van der Waals surface area (Å²) in [6, 6.07) is 7.17. The van der Waals surface area contributed by atoms with Gasteiger partial charge in [-0.3, -0.25) is 4.79 Å². The molecule has 0 N–H and O–H groups in total. The third-order valence-electron chi connectivity index (χ3n) is 3.16. The van der Waals surface area contributed by atoms with Gasteiger partial charge in [0.2, 0.25) is 0 Å². The number of allylic oxidation sites excluding steroid dienone is 2. The van der Waals surface area contributed by atoms with Gasteiger partial charge in [-0.15, -0.1) is 0 Å². The number of esters is 1. The summed E-state index contributed by atoms with van der Waals surface area (Å²) >= 11 is 0. The van der Waals surface area contributed by atoms with E-state index in [-0.39, 0.29) is 5.78 Å². The minimum absolute atomic E-state index is 0.102. The Balaban J connectivity index is 2.62. The summed E-state index contributed by atoms with van der Waals surface area (Å²) in [6.07, 6.45) is 11.2. The van der Waals surface area contributed by atoms with Gasteiger partial charge in [0.25, 0.3) is 0 Å². The molecule has 0 amide bonds. The van der Waals surface area contributed by atoms with Crippen molar-refractivity contribution >= 4 is 17.8 Å². The normalized spacial score (nSPS) is 11.2. The van der Waals surface area contributed by atoms with Crippen LogP contribution in [0.1, 0.15) is 51.5 Å². The van der Waals surface area contributed by atoms with E-state index in [1.54, 1.807) is 37.3 Å². The Morgan fingerprint density at radius 1 is 1.09 bits per heavy atom. The standard InChI is InChI=1S/C19H24O3/c1-3-5-6-7-12-17(20)15-14-16-11-8-9-13-18(16)22-19(21)10-4-2/h4,8-11,13-15H,3,5-7,12H2,1-2H3. The molecule has 0 bridgehead atoms. The number of hydrogen-bond acceptors (Lipinski definition) is 3. The molecule has 0 saturated carbocycles. The fourth-order valence-corrected chi connectivity index (χ4v) is 1.98. The average Bonchev–Trinajstić information content (AvgIpc) is 2.51. The minimum atomic E-state index is -0.422. The highest BCUT2D eigenvalue weighted by atomic mass is 16.5. The van der Waals surface area contributed by atoms with Crippen LogP contribution < -0.4 is 4.74 Å². The maximum absolute atomic E-state index is 11.8. The van der Waals surface area contributed by atoms with Crippen molar-refractivity contribution in [3.8, 4) is 5.75 Å². The number of unbranched alkanes of at least 4 members (excludes halogenated alkanes) is 3. The zero-order chi connectivity index (χ0) is 16.2. The summed E-state index contributed by atoms with van der Waals surface area (Å²) in [5.41, 5.74) is 0.724. The fourth-order valence-electron chi connectivity index (χ4n) is 1.98. The van der Waals surface area contributed by atoms with E-state index in [2.05, 4.69) is 6.92 Å². The predicted octanol–water partition coefficient (Wildman–Crippen LogP) is 4.72. The van der Waals surface area contributed by atoms with Gasteiger partial charge in [0, 0.05) is 18.1 Å². The van der Waals surface area contributed by atoms with Gasteiger partial charge >= 0.3 is 5.97 Å². The van der Waals surface area contributed by atoms with E-state index in [0.717, 1.165) is 24.8 Å². The second-order valence-electron chi connectivity index (χ2n) is 5.07. The van der Waals surface area contributed by atoms with Crippen molar-refractivity contribution < 1.29 is 14.3 Å². The molecule has 22 heavy (non-hydrogen) atoms. The molecule has 3 nitrogen and oxygen atoms in total. The first-order chi connectivity index (χ1) is 10.7. The van der Waals surface area contributed by atoms with Crippen molar-refractivity contribution in [1.82, 2.24) is 0 Å². The number of para-hydroxylation sites is 1. The predicted molar refractivity (Wildman–Crippen MR) is 89.7 cm³/mol. The van der Waals surface area contributed by atoms with Gasteiger partial charge in [-0.05, 0) is 31.6 Å². The Morgan fingerprint density at radius 2 is 1.86 bits per heavy atom. The van der Waals surface area contributed by atoms with Crippen molar-refractivity contribution in [1.29, 1.82) is 0 Å². The lowest BCUT2D eigenvalue weighted by Crippen LogP contribution is -2.04. The Bertz CT molecular complexity index is 541. The smallest absolute Gasteiger partial charge is 0.335 e. The molecule has 0 fully saturated rings. The van der Waals surface area contributed by atoms with E-state index in [4.69, 9.17) is 4.74 Å². The molecule has 3 heteroatoms. The summed E-state index contributed by atoms with van der Waals surface area (Å²) < 4.78 is 5.24. The number of hydrogen-bond donors (Lipinski definition) is 0. The monoisotopic (exact) mass is 300 g/mol. The largest absolute Gasteiger partial charge is 0.423 e. The van der Waals surface area contributed by atoms with Crippen molar-refractivity contribution in [2.45, 2.75) is 46.0 Å². The van der Waals surface area contributed by atoms with Crippen LogP contribution in [0, 0.1) is 0 Å². The van der Waals surface area contributed by atoms with Gasteiger partial charge in [-0.25, -0.2) is 4.79 Å². The molecule has 0 spiro atoms. The highest BCUT2D eigenvalue weighted by Crippen LogP contribution is 2.20. The van der Waals surface area contributed by atoms with Gasteiger partial charge < -0.3 is 4.74 Å². The van der Waals surface area contributed by atoms with Crippen molar-refractivity contribution in [2.75, 3.05) is 0 Å². The molecule has 0 aliphatic rings. The van der Waals surface area contributed by atoms with Gasteiger partial charge in [0.15, 0.2) is 5.78 Å². The zero-order valence-corrected chi connectivity index (χ0v) is 13.4. The quantitative estimate of drug-likeness (QED) is 0.287. The number of rotatable bonds is 9. The molecule has 0 saturated heterocycles. The van der Waals surface area contributed by atoms with E-state index < -0.39 is 5.97 Å². The van der Waals surface area contributed by atoms with Crippen LogP contribution in [-0.2, 0) is 9.59 Å². The number of ether oxygens (including phenoxy) is 1. The van der Waals surface area contributed by atoms with Crippen LogP contribution in [0.4, 0.5) is 0 Å². The van der Waals surface area contributed by atoms with Crippen LogP contribution in [0.3, 0.4) is 0 Å². The molecule has 0 aromatic heterocycles. The lowest BCUT2D eigenvalue weighted by molar-refractivity contribution is -0.129. The number of ketones is 1. The summed E-state index contributed by atoms with van der Waals surface area (Å²) in [4.78, 5) is 23.3. The molecular formula is C19H24O3. The Hall–Kier alpha value is -2.16. The van der Waals surface area contributed by atoms with Crippen molar-refractivity contribution in [3.63, 3.8) is 0 Å². The first kappa shape index (κ1) is 17.9. The lowest BCUT2D eigenvalue weighted by atomic mass is 10.1. The number of carbonyl (C=O) groups is 2. The third kappa shape index (κ3) is 7.02. The van der Waals surface area contributed by atoms with E-state index in [1.807, 2.05) is 12.1 Å². The summed E-state index contributed by atoms with van der Waals surface area (Å²) in [7, 11) is 0. The Kier molecular flexibility index (Phi) is 8.58. The number of carbonyl (C=O) groups excluding carboxylic acids is 2. The maximum atomic E-state index is 11.8. The highest BCUT2D eigenvalue weighted by Gasteiger charge is 2.05. The molecule has 0 aliphatic carbocycles. The van der Waals surface area contributed by atoms with Crippen molar-refractivity contribution in [2.24, 2.45) is 0 Å². The zero-order valence-electron chi connectivity index (χ0n) is 13.4. The lowest BCUT2D eigenvalue weighted by Gasteiger charge is -2.05. The van der Waals surface area contributed by atoms with E-state index in [0.29, 0.717) is 12.2 Å². The minimum Gasteiger partial charge on any atom is -0.423 e. The molecule has 0 atom stereocenters. The topological polar surface area (TPSA) is 43.4 Å².